The lowest BCUT2D eigenvalue weighted by atomic mass is 9.99. The fourth-order valence-electron chi connectivity index (χ4n) is 5.04. The minimum Gasteiger partial charge on any atom is -0.508 e. The maximum Gasteiger partial charge on any atom is 0.244 e. The molecule has 6 unspecified atom stereocenters. The number of phenols is 1. The Morgan fingerprint density at radius 1 is 0.623 bits per heavy atom. The molecule has 0 aliphatic heterocycles. The quantitative estimate of drug-likeness (QED) is 0.0726. The van der Waals surface area contributed by atoms with E-state index >= 15 is 0 Å². The molecule has 2 aromatic carbocycles. The van der Waals surface area contributed by atoms with Gasteiger partial charge in [0, 0.05) is 12.2 Å². The molecule has 6 atom stereocenters. The molecular weight excluding hydrogens is 705 g/mol. The summed E-state index contributed by atoms with van der Waals surface area (Å²) in [6, 6.07) is 8.31. The van der Waals surface area contributed by atoms with Gasteiger partial charge in [0.15, 0.2) is 0 Å². The molecule has 0 heterocycles. The third-order valence-electron chi connectivity index (χ3n) is 8.14. The molecule has 0 aliphatic carbocycles. The molecule has 17 heteroatoms. The Balaban J connectivity index is 2.15. The number of hydrogen-bond acceptors (Lipinski definition) is 10. The lowest BCUT2D eigenvalue weighted by Crippen LogP contribution is -2.61. The van der Waals surface area contributed by atoms with Crippen LogP contribution in [0.25, 0.3) is 0 Å². The first-order chi connectivity index (χ1) is 24.9. The van der Waals surface area contributed by atoms with E-state index in [2.05, 4.69) is 44.5 Å². The molecule has 290 valence electrons. The van der Waals surface area contributed by atoms with Gasteiger partial charge in [-0.3, -0.25) is 33.6 Å². The molecule has 0 saturated carbocycles. The molecule has 53 heavy (non-hydrogen) atoms. The van der Waals surface area contributed by atoms with Crippen molar-refractivity contribution in [2.24, 2.45) is 23.3 Å². The summed E-state index contributed by atoms with van der Waals surface area (Å²) in [5.74, 6) is -5.75. The number of primary amides is 1. The van der Waals surface area contributed by atoms with E-state index in [1.807, 2.05) is 0 Å². The molecule has 0 spiro atoms. The van der Waals surface area contributed by atoms with E-state index in [1.165, 1.54) is 19.1 Å². The summed E-state index contributed by atoms with van der Waals surface area (Å²) in [4.78, 5) is 90.3. The maximum atomic E-state index is 13.7. The topological polar surface area (TPSA) is 264 Å². The number of aromatic hydroxyl groups is 1. The first-order valence-electron chi connectivity index (χ1n) is 17.2. The van der Waals surface area contributed by atoms with E-state index in [0.717, 1.165) is 0 Å². The van der Waals surface area contributed by atoms with Crippen molar-refractivity contribution < 1.29 is 38.7 Å². The Labute approximate surface area is 314 Å². The molecule has 2 aromatic rings. The van der Waals surface area contributed by atoms with Gasteiger partial charge < -0.3 is 48.5 Å². The maximum absolute atomic E-state index is 13.7. The number of benzene rings is 2. The van der Waals surface area contributed by atoms with Crippen LogP contribution >= 0.6 is 12.6 Å². The molecular formula is C36H52N8O8S. The number of carbonyl (C=O) groups excluding carboxylic acids is 7. The number of nitrogens with two attached hydrogens (primary N) is 2. The number of phenolic OH excluding ortho intramolecular Hbond substituents is 1. The predicted molar refractivity (Wildman–Crippen MR) is 201 cm³/mol. The fourth-order valence-corrected chi connectivity index (χ4v) is 5.29. The second kappa shape index (κ2) is 21.4. The highest BCUT2D eigenvalue weighted by Gasteiger charge is 2.34. The van der Waals surface area contributed by atoms with Crippen molar-refractivity contribution in [2.75, 3.05) is 12.3 Å². The van der Waals surface area contributed by atoms with Crippen LogP contribution in [-0.4, -0.2) is 95.0 Å². The Morgan fingerprint density at radius 3 is 1.68 bits per heavy atom. The first-order valence-corrected chi connectivity index (χ1v) is 17.8. The largest absolute Gasteiger partial charge is 0.508 e. The van der Waals surface area contributed by atoms with Crippen molar-refractivity contribution in [2.45, 2.75) is 83.7 Å². The van der Waals surface area contributed by atoms with E-state index in [9.17, 15) is 38.7 Å². The van der Waals surface area contributed by atoms with Crippen LogP contribution in [0.4, 0.5) is 0 Å². The molecule has 7 amide bonds. The molecule has 11 N–H and O–H groups in total. The average Bonchev–Trinajstić information content (AvgIpc) is 3.11. The van der Waals surface area contributed by atoms with Crippen LogP contribution in [0.3, 0.4) is 0 Å². The molecule has 0 aromatic heterocycles. The molecule has 0 saturated heterocycles. The van der Waals surface area contributed by atoms with E-state index < -0.39 is 90.1 Å². The highest BCUT2D eigenvalue weighted by atomic mass is 32.1. The third-order valence-corrected chi connectivity index (χ3v) is 8.51. The smallest absolute Gasteiger partial charge is 0.244 e. The van der Waals surface area contributed by atoms with Gasteiger partial charge in [-0.05, 0) is 48.4 Å². The normalized spacial score (nSPS) is 14.4. The summed E-state index contributed by atoms with van der Waals surface area (Å²) in [5.41, 5.74) is 12.6. The number of rotatable bonds is 20. The van der Waals surface area contributed by atoms with Gasteiger partial charge in [0.1, 0.15) is 36.0 Å². The van der Waals surface area contributed by atoms with Crippen molar-refractivity contribution >= 4 is 54.0 Å². The second-order valence-electron chi connectivity index (χ2n) is 13.3. The van der Waals surface area contributed by atoms with Gasteiger partial charge >= 0.3 is 0 Å². The number of nitrogens with one attached hydrogen (secondary N) is 6. The van der Waals surface area contributed by atoms with Gasteiger partial charge in [0.05, 0.1) is 12.6 Å². The standard InChI is InChI=1S/C36H52N8O8S/c1-19(2)29(35(51)39-17-28(38)46)44-36(52)30(20(3)4)43-34(50)27(18-53)42-33(49)26(16-22-9-7-6-8-10-22)41-31(47)21(5)40-32(48)25(37)15-23-11-13-24(45)14-12-23/h6-14,19-21,25-27,29-30,45,53H,15-18,37H2,1-5H3,(H2,38,46)(H,39,51)(H,40,48)(H,41,47)(H,42,49)(H,43,50)(H,44,52). The number of amides is 7. The summed E-state index contributed by atoms with van der Waals surface area (Å²) >= 11 is 4.25. The number of carbonyl (C=O) groups is 7. The third kappa shape index (κ3) is 14.8. The summed E-state index contributed by atoms with van der Waals surface area (Å²) in [6.45, 7) is 7.77. The van der Waals surface area contributed by atoms with Crippen LogP contribution in [0.2, 0.25) is 0 Å². The predicted octanol–water partition coefficient (Wildman–Crippen LogP) is -1.21. The van der Waals surface area contributed by atoms with Crippen molar-refractivity contribution in [3.8, 4) is 5.75 Å². The van der Waals surface area contributed by atoms with E-state index in [1.54, 1.807) is 70.2 Å². The van der Waals surface area contributed by atoms with Crippen molar-refractivity contribution in [3.63, 3.8) is 0 Å². The summed E-state index contributed by atoms with van der Waals surface area (Å²) in [7, 11) is 0. The van der Waals surface area contributed by atoms with Gasteiger partial charge in [-0.1, -0.05) is 70.2 Å². The zero-order valence-electron chi connectivity index (χ0n) is 30.6. The molecule has 0 radical (unpaired) electrons. The van der Waals surface area contributed by atoms with Gasteiger partial charge in [-0.25, -0.2) is 0 Å². The molecule has 16 nitrogen and oxygen atoms in total. The minimum atomic E-state index is -1.25. The zero-order chi connectivity index (χ0) is 39.8. The number of thiol groups is 1. The van der Waals surface area contributed by atoms with Gasteiger partial charge in [0.25, 0.3) is 0 Å². The monoisotopic (exact) mass is 756 g/mol. The highest BCUT2D eigenvalue weighted by Crippen LogP contribution is 2.12. The SMILES string of the molecule is CC(NC(=O)C(N)Cc1ccc(O)cc1)C(=O)NC(Cc1ccccc1)C(=O)NC(CS)C(=O)NC(C(=O)NC(C(=O)NCC(N)=O)C(C)C)C(C)C. The van der Waals surface area contributed by atoms with Crippen molar-refractivity contribution in [1.29, 1.82) is 0 Å². The second-order valence-corrected chi connectivity index (χ2v) is 13.7. The van der Waals surface area contributed by atoms with Crippen LogP contribution in [0.1, 0.15) is 45.7 Å². The van der Waals surface area contributed by atoms with Crippen LogP contribution in [0.15, 0.2) is 54.6 Å². The van der Waals surface area contributed by atoms with Gasteiger partial charge in [-0.15, -0.1) is 0 Å². The van der Waals surface area contributed by atoms with E-state index in [4.69, 9.17) is 11.5 Å². The lowest BCUT2D eigenvalue weighted by Gasteiger charge is -2.28. The lowest BCUT2D eigenvalue weighted by molar-refractivity contribution is -0.135. The zero-order valence-corrected chi connectivity index (χ0v) is 31.4. The summed E-state index contributed by atoms with van der Waals surface area (Å²) < 4.78 is 0. The van der Waals surface area contributed by atoms with Crippen molar-refractivity contribution in [3.05, 3.63) is 65.7 Å². The Morgan fingerprint density at radius 2 is 1.13 bits per heavy atom. The summed E-state index contributed by atoms with van der Waals surface area (Å²) in [6.07, 6.45) is 0.183. The average molecular weight is 757 g/mol. The van der Waals surface area contributed by atoms with Crippen LogP contribution in [0, 0.1) is 11.8 Å². The highest BCUT2D eigenvalue weighted by molar-refractivity contribution is 7.80. The van der Waals surface area contributed by atoms with Crippen LogP contribution in [-0.2, 0) is 46.4 Å². The van der Waals surface area contributed by atoms with Gasteiger partial charge in [0.2, 0.25) is 41.4 Å². The Kier molecular flexibility index (Phi) is 17.8. The first kappa shape index (κ1) is 44.0. The molecule has 2 rings (SSSR count). The van der Waals surface area contributed by atoms with E-state index in [-0.39, 0.29) is 30.3 Å². The van der Waals surface area contributed by atoms with Crippen LogP contribution in [0.5, 0.6) is 5.75 Å². The Hall–Kier alpha value is -5.16. The fraction of sp³-hybridized carbons (Fsp3) is 0.472. The van der Waals surface area contributed by atoms with Gasteiger partial charge in [-0.2, -0.15) is 12.6 Å². The van der Waals surface area contributed by atoms with Crippen LogP contribution < -0.4 is 43.4 Å². The molecule has 0 aliphatic rings. The van der Waals surface area contributed by atoms with Crippen molar-refractivity contribution in [1.82, 2.24) is 31.9 Å². The molecule has 0 bridgehead atoms. The number of hydrogen-bond donors (Lipinski definition) is 10. The minimum absolute atomic E-state index is 0.0335. The molecule has 0 fully saturated rings. The van der Waals surface area contributed by atoms with E-state index in [0.29, 0.717) is 11.1 Å². The summed E-state index contributed by atoms with van der Waals surface area (Å²) in [5, 5.41) is 24.9. The Bertz CT molecular complexity index is 1570.